The molecule has 0 radical (unpaired) electrons. The van der Waals surface area contributed by atoms with Crippen molar-refractivity contribution in [1.29, 1.82) is 0 Å². The summed E-state index contributed by atoms with van der Waals surface area (Å²) < 4.78 is 0. The van der Waals surface area contributed by atoms with Gasteiger partial charge in [0.05, 0.1) is 5.02 Å². The van der Waals surface area contributed by atoms with Gasteiger partial charge in [0.15, 0.2) is 5.78 Å². The zero-order valence-electron chi connectivity index (χ0n) is 14.4. The third-order valence-corrected chi connectivity index (χ3v) is 4.27. The summed E-state index contributed by atoms with van der Waals surface area (Å²) in [5.41, 5.74) is 2.58. The summed E-state index contributed by atoms with van der Waals surface area (Å²) in [5.74, 6) is -0.200. The molecule has 0 saturated heterocycles. The molecular formula is C20H14ClN5O2. The molecule has 0 saturated carbocycles. The minimum Gasteiger partial charge on any atom is -0.345 e. The van der Waals surface area contributed by atoms with Gasteiger partial charge in [0.25, 0.3) is 0 Å². The number of nitrogens with zero attached hydrogens (tertiary/aromatic N) is 2. The number of H-pyrrole nitrogens is 1. The first-order valence-corrected chi connectivity index (χ1v) is 8.73. The lowest BCUT2D eigenvalue weighted by molar-refractivity contribution is 0.104. The number of halogens is 1. The summed E-state index contributed by atoms with van der Waals surface area (Å²) in [5, 5.41) is 6.50. The molecule has 0 aliphatic carbocycles. The van der Waals surface area contributed by atoms with Crippen molar-refractivity contribution >= 4 is 45.8 Å². The van der Waals surface area contributed by atoms with Crippen molar-refractivity contribution in [1.82, 2.24) is 15.0 Å². The summed E-state index contributed by atoms with van der Waals surface area (Å²) in [4.78, 5) is 36.1. The van der Waals surface area contributed by atoms with E-state index >= 15 is 0 Å². The highest BCUT2D eigenvalue weighted by Crippen LogP contribution is 2.23. The first kappa shape index (κ1) is 17.7. The van der Waals surface area contributed by atoms with Gasteiger partial charge >= 0.3 is 6.03 Å². The Morgan fingerprint density at radius 1 is 1.00 bits per heavy atom. The van der Waals surface area contributed by atoms with E-state index in [0.717, 1.165) is 0 Å². The number of aromatic nitrogens is 3. The molecule has 0 spiro atoms. The number of carbonyl (C=O) groups is 2. The molecule has 0 unspecified atom stereocenters. The largest absolute Gasteiger partial charge is 0.345 e. The number of anilines is 2. The lowest BCUT2D eigenvalue weighted by Crippen LogP contribution is -2.19. The highest BCUT2D eigenvalue weighted by Gasteiger charge is 2.16. The molecule has 0 aliphatic rings. The van der Waals surface area contributed by atoms with Crippen LogP contribution in [-0.4, -0.2) is 26.8 Å². The summed E-state index contributed by atoms with van der Waals surface area (Å²) in [6.07, 6.45) is 6.28. The summed E-state index contributed by atoms with van der Waals surface area (Å²) >= 11 is 6.00. The fraction of sp³-hybridized carbons (Fsp3) is 0. The van der Waals surface area contributed by atoms with Crippen LogP contribution in [0.4, 0.5) is 16.2 Å². The molecular weight excluding hydrogens is 378 g/mol. The quantitative estimate of drug-likeness (QED) is 0.446. The van der Waals surface area contributed by atoms with E-state index in [-0.39, 0.29) is 5.78 Å². The van der Waals surface area contributed by atoms with Gasteiger partial charge in [-0.3, -0.25) is 9.78 Å². The Morgan fingerprint density at radius 2 is 1.79 bits per heavy atom. The maximum Gasteiger partial charge on any atom is 0.323 e. The van der Waals surface area contributed by atoms with Gasteiger partial charge in [-0.2, -0.15) is 0 Å². The smallest absolute Gasteiger partial charge is 0.323 e. The van der Waals surface area contributed by atoms with Crippen LogP contribution in [0, 0.1) is 0 Å². The van der Waals surface area contributed by atoms with Crippen LogP contribution in [0.2, 0.25) is 5.02 Å². The predicted octanol–water partition coefficient (Wildman–Crippen LogP) is 4.49. The van der Waals surface area contributed by atoms with E-state index in [1.807, 2.05) is 0 Å². The second-order valence-electron chi connectivity index (χ2n) is 5.98. The van der Waals surface area contributed by atoms with E-state index in [9.17, 15) is 9.59 Å². The Morgan fingerprint density at radius 3 is 2.61 bits per heavy atom. The van der Waals surface area contributed by atoms with Crippen molar-refractivity contribution in [3.05, 3.63) is 83.4 Å². The summed E-state index contributed by atoms with van der Waals surface area (Å²) in [6.45, 7) is 0. The highest BCUT2D eigenvalue weighted by molar-refractivity contribution is 6.31. The lowest BCUT2D eigenvalue weighted by atomic mass is 10.0. The number of carbonyl (C=O) groups excluding carboxylic acids is 2. The molecule has 2 amide bonds. The van der Waals surface area contributed by atoms with E-state index < -0.39 is 6.03 Å². The van der Waals surface area contributed by atoms with Crippen LogP contribution in [0.5, 0.6) is 0 Å². The van der Waals surface area contributed by atoms with E-state index in [2.05, 4.69) is 25.6 Å². The van der Waals surface area contributed by atoms with Crippen LogP contribution in [0.3, 0.4) is 0 Å². The maximum absolute atomic E-state index is 12.9. The van der Waals surface area contributed by atoms with Crippen LogP contribution in [0.25, 0.3) is 11.0 Å². The number of amides is 2. The summed E-state index contributed by atoms with van der Waals surface area (Å²) in [7, 11) is 0. The molecule has 0 aliphatic heterocycles. The Balaban J connectivity index is 1.55. The van der Waals surface area contributed by atoms with Crippen molar-refractivity contribution in [3.8, 4) is 0 Å². The molecule has 3 aromatic heterocycles. The fourth-order valence-corrected chi connectivity index (χ4v) is 2.95. The van der Waals surface area contributed by atoms with Gasteiger partial charge < -0.3 is 15.6 Å². The van der Waals surface area contributed by atoms with Crippen LogP contribution >= 0.6 is 11.6 Å². The fourth-order valence-electron chi connectivity index (χ4n) is 2.79. The third kappa shape index (κ3) is 3.70. The van der Waals surface area contributed by atoms with Gasteiger partial charge in [0.2, 0.25) is 0 Å². The molecule has 3 heterocycles. The molecule has 0 bridgehead atoms. The molecule has 4 rings (SSSR count). The van der Waals surface area contributed by atoms with E-state index in [1.165, 1.54) is 6.20 Å². The Hall–Kier alpha value is -3.71. The number of ketones is 1. The van der Waals surface area contributed by atoms with Gasteiger partial charge in [0.1, 0.15) is 5.65 Å². The number of urea groups is 1. The Kier molecular flexibility index (Phi) is 4.74. The number of benzene rings is 1. The molecule has 7 nitrogen and oxygen atoms in total. The first-order chi connectivity index (χ1) is 13.6. The third-order valence-electron chi connectivity index (χ3n) is 4.06. The molecule has 138 valence electrons. The number of fused-ring (bicyclic) bond motifs is 1. The number of nitrogens with one attached hydrogen (secondary N) is 3. The Labute approximate surface area is 164 Å². The molecule has 4 aromatic rings. The van der Waals surface area contributed by atoms with Crippen molar-refractivity contribution < 1.29 is 9.59 Å². The van der Waals surface area contributed by atoms with Gasteiger partial charge in [0, 0.05) is 52.7 Å². The minimum atomic E-state index is -0.418. The monoisotopic (exact) mass is 391 g/mol. The van der Waals surface area contributed by atoms with E-state index in [0.29, 0.717) is 38.6 Å². The standard InChI is InChI=1S/C20H14ClN5O2/c21-13-9-16-17(11-24-19(16)23-10-13)18(27)12-2-1-3-15(8-12)26-20(28)25-14-4-6-22-7-5-14/h1-11H,(H,23,24)(H2,22,25,26,28). The van der Waals surface area contributed by atoms with Gasteiger partial charge in [-0.25, -0.2) is 9.78 Å². The molecule has 0 atom stereocenters. The zero-order valence-corrected chi connectivity index (χ0v) is 15.2. The minimum absolute atomic E-state index is 0.200. The second kappa shape index (κ2) is 7.50. The van der Waals surface area contributed by atoms with Crippen molar-refractivity contribution in [2.24, 2.45) is 0 Å². The van der Waals surface area contributed by atoms with Crippen molar-refractivity contribution in [2.75, 3.05) is 10.6 Å². The average molecular weight is 392 g/mol. The number of pyridine rings is 2. The lowest BCUT2D eigenvalue weighted by Gasteiger charge is -2.08. The first-order valence-electron chi connectivity index (χ1n) is 8.35. The molecule has 1 aromatic carbocycles. The van der Waals surface area contributed by atoms with Crippen molar-refractivity contribution in [3.63, 3.8) is 0 Å². The van der Waals surface area contributed by atoms with Gasteiger partial charge in [-0.1, -0.05) is 23.7 Å². The van der Waals surface area contributed by atoms with E-state index in [1.54, 1.807) is 61.1 Å². The second-order valence-corrected chi connectivity index (χ2v) is 6.41. The SMILES string of the molecule is O=C(Nc1ccncc1)Nc1cccc(C(=O)c2c[nH]c3ncc(Cl)cc23)c1. The van der Waals surface area contributed by atoms with Crippen LogP contribution in [0.1, 0.15) is 15.9 Å². The topological polar surface area (TPSA) is 99.8 Å². The highest BCUT2D eigenvalue weighted by atomic mass is 35.5. The molecule has 28 heavy (non-hydrogen) atoms. The molecule has 0 fully saturated rings. The van der Waals surface area contributed by atoms with Gasteiger partial charge in [-0.05, 0) is 30.3 Å². The number of hydrogen-bond donors (Lipinski definition) is 3. The number of aromatic amines is 1. The zero-order chi connectivity index (χ0) is 19.5. The number of rotatable bonds is 4. The predicted molar refractivity (Wildman–Crippen MR) is 108 cm³/mol. The van der Waals surface area contributed by atoms with Crippen LogP contribution in [0.15, 0.2) is 67.3 Å². The van der Waals surface area contributed by atoms with Gasteiger partial charge in [-0.15, -0.1) is 0 Å². The molecule has 8 heteroatoms. The van der Waals surface area contributed by atoms with Crippen LogP contribution in [-0.2, 0) is 0 Å². The van der Waals surface area contributed by atoms with Crippen LogP contribution < -0.4 is 10.6 Å². The Bertz CT molecular complexity index is 1170. The maximum atomic E-state index is 12.9. The normalized spacial score (nSPS) is 10.6. The average Bonchev–Trinajstić information content (AvgIpc) is 3.11. The van der Waals surface area contributed by atoms with E-state index in [4.69, 9.17) is 11.6 Å². The summed E-state index contributed by atoms with van der Waals surface area (Å²) in [6, 6.07) is 11.3. The van der Waals surface area contributed by atoms with Crippen molar-refractivity contribution in [2.45, 2.75) is 0 Å². The molecule has 3 N–H and O–H groups in total. The number of hydrogen-bond acceptors (Lipinski definition) is 4.